The quantitative estimate of drug-likeness (QED) is 0.909. The molecule has 0 aliphatic heterocycles. The van der Waals surface area contributed by atoms with Gasteiger partial charge in [0.15, 0.2) is 0 Å². The molecule has 2 N–H and O–H groups in total. The van der Waals surface area contributed by atoms with E-state index in [1.165, 1.54) is 31.4 Å². The summed E-state index contributed by atoms with van der Waals surface area (Å²) in [5.74, 6) is 0.312. The van der Waals surface area contributed by atoms with Gasteiger partial charge in [-0.1, -0.05) is 24.6 Å². The van der Waals surface area contributed by atoms with Crippen molar-refractivity contribution >= 4 is 0 Å². The minimum absolute atomic E-state index is 0.0185. The van der Waals surface area contributed by atoms with Crippen LogP contribution < -0.4 is 5.73 Å². The molecular formula is C16H17FN2. The second kappa shape index (κ2) is 5.10. The predicted octanol–water partition coefficient (Wildman–Crippen LogP) is 3.69. The molecule has 98 valence electrons. The zero-order valence-corrected chi connectivity index (χ0v) is 10.7. The molecule has 0 amide bonds. The Balaban J connectivity index is 1.98. The molecule has 0 bridgehead atoms. The van der Waals surface area contributed by atoms with Crippen molar-refractivity contribution in [1.29, 1.82) is 0 Å². The smallest absolute Gasteiger partial charge is 0.123 e. The fourth-order valence-electron chi connectivity index (χ4n) is 2.58. The fourth-order valence-corrected chi connectivity index (χ4v) is 2.58. The van der Waals surface area contributed by atoms with E-state index in [4.69, 9.17) is 5.73 Å². The Kier molecular flexibility index (Phi) is 3.30. The second-order valence-electron chi connectivity index (χ2n) is 5.16. The Morgan fingerprint density at radius 2 is 1.89 bits per heavy atom. The number of pyridine rings is 1. The predicted molar refractivity (Wildman–Crippen MR) is 73.9 cm³/mol. The molecule has 1 heterocycles. The van der Waals surface area contributed by atoms with Crippen molar-refractivity contribution in [3.05, 3.63) is 54.1 Å². The summed E-state index contributed by atoms with van der Waals surface area (Å²) in [5.41, 5.74) is 9.25. The standard InChI is InChI=1S/C16H17FN2/c17-13-8-6-11(7-9-13)14-5-2-10-19-16(14)15(18)12-3-1-4-12/h2,5-10,12,15H,1,3-4,18H2/t15-/m0/s1. The summed E-state index contributed by atoms with van der Waals surface area (Å²) in [6, 6.07) is 10.4. The molecule has 0 unspecified atom stereocenters. The minimum atomic E-state index is -0.225. The second-order valence-corrected chi connectivity index (χ2v) is 5.16. The van der Waals surface area contributed by atoms with Crippen LogP contribution in [0.4, 0.5) is 4.39 Å². The molecule has 1 aromatic heterocycles. The highest BCUT2D eigenvalue weighted by Gasteiger charge is 2.28. The number of hydrogen-bond acceptors (Lipinski definition) is 2. The summed E-state index contributed by atoms with van der Waals surface area (Å²) in [7, 11) is 0. The number of hydrogen-bond donors (Lipinski definition) is 1. The third-order valence-electron chi connectivity index (χ3n) is 3.97. The van der Waals surface area contributed by atoms with Gasteiger partial charge in [-0.3, -0.25) is 4.98 Å². The van der Waals surface area contributed by atoms with Gasteiger partial charge in [0.1, 0.15) is 5.82 Å². The highest BCUT2D eigenvalue weighted by Crippen LogP contribution is 2.38. The number of benzene rings is 1. The Hall–Kier alpha value is -1.74. The van der Waals surface area contributed by atoms with E-state index in [0.29, 0.717) is 5.92 Å². The Bertz CT molecular complexity index is 561. The lowest BCUT2D eigenvalue weighted by Crippen LogP contribution is -2.28. The molecule has 0 spiro atoms. The molecule has 1 aromatic carbocycles. The van der Waals surface area contributed by atoms with Gasteiger partial charge in [0.25, 0.3) is 0 Å². The Morgan fingerprint density at radius 3 is 2.53 bits per heavy atom. The third kappa shape index (κ3) is 2.38. The van der Waals surface area contributed by atoms with Gasteiger partial charge in [-0.2, -0.15) is 0 Å². The van der Waals surface area contributed by atoms with E-state index in [1.807, 2.05) is 12.1 Å². The van der Waals surface area contributed by atoms with Crippen LogP contribution >= 0.6 is 0 Å². The molecular weight excluding hydrogens is 239 g/mol. The summed E-state index contributed by atoms with van der Waals surface area (Å²) in [5, 5.41) is 0. The normalized spacial score (nSPS) is 16.9. The highest BCUT2D eigenvalue weighted by atomic mass is 19.1. The van der Waals surface area contributed by atoms with Gasteiger partial charge in [-0.15, -0.1) is 0 Å². The van der Waals surface area contributed by atoms with E-state index in [0.717, 1.165) is 16.8 Å². The van der Waals surface area contributed by atoms with E-state index in [-0.39, 0.29) is 11.9 Å². The van der Waals surface area contributed by atoms with Crippen LogP contribution in [0.15, 0.2) is 42.6 Å². The van der Waals surface area contributed by atoms with Crippen molar-refractivity contribution in [2.24, 2.45) is 11.7 Å². The Morgan fingerprint density at radius 1 is 1.16 bits per heavy atom. The summed E-state index contributed by atoms with van der Waals surface area (Å²) in [6.07, 6.45) is 5.40. The highest BCUT2D eigenvalue weighted by molar-refractivity contribution is 5.66. The molecule has 1 fully saturated rings. The fraction of sp³-hybridized carbons (Fsp3) is 0.312. The van der Waals surface area contributed by atoms with Crippen LogP contribution in [0.2, 0.25) is 0 Å². The van der Waals surface area contributed by atoms with Gasteiger partial charge >= 0.3 is 0 Å². The van der Waals surface area contributed by atoms with Crippen LogP contribution in [0, 0.1) is 11.7 Å². The van der Waals surface area contributed by atoms with Crippen LogP contribution in [0.1, 0.15) is 31.0 Å². The number of nitrogens with zero attached hydrogens (tertiary/aromatic N) is 1. The molecule has 2 aromatic rings. The molecule has 1 aliphatic carbocycles. The van der Waals surface area contributed by atoms with Crippen LogP contribution in [0.25, 0.3) is 11.1 Å². The topological polar surface area (TPSA) is 38.9 Å². The van der Waals surface area contributed by atoms with Crippen molar-refractivity contribution in [2.75, 3.05) is 0 Å². The van der Waals surface area contributed by atoms with E-state index in [2.05, 4.69) is 4.98 Å². The first-order chi connectivity index (χ1) is 9.25. The van der Waals surface area contributed by atoms with Gasteiger partial charge in [-0.05, 0) is 42.5 Å². The number of nitrogens with two attached hydrogens (primary N) is 1. The molecule has 3 rings (SSSR count). The zero-order valence-electron chi connectivity index (χ0n) is 10.7. The van der Waals surface area contributed by atoms with Crippen LogP contribution in [-0.2, 0) is 0 Å². The van der Waals surface area contributed by atoms with Crippen molar-refractivity contribution in [1.82, 2.24) is 4.98 Å². The van der Waals surface area contributed by atoms with Gasteiger partial charge in [-0.25, -0.2) is 4.39 Å². The van der Waals surface area contributed by atoms with E-state index in [9.17, 15) is 4.39 Å². The first-order valence-corrected chi connectivity index (χ1v) is 6.72. The molecule has 2 nitrogen and oxygen atoms in total. The lowest BCUT2D eigenvalue weighted by Gasteiger charge is -2.31. The molecule has 0 radical (unpaired) electrons. The third-order valence-corrected chi connectivity index (χ3v) is 3.97. The molecule has 1 aliphatic rings. The van der Waals surface area contributed by atoms with Gasteiger partial charge in [0.05, 0.1) is 11.7 Å². The number of aromatic nitrogens is 1. The molecule has 0 saturated heterocycles. The summed E-state index contributed by atoms with van der Waals surface area (Å²) >= 11 is 0. The molecule has 1 atom stereocenters. The van der Waals surface area contributed by atoms with Crippen LogP contribution in [-0.4, -0.2) is 4.98 Å². The average Bonchev–Trinajstić information content (AvgIpc) is 2.37. The van der Waals surface area contributed by atoms with Crippen molar-refractivity contribution < 1.29 is 4.39 Å². The van der Waals surface area contributed by atoms with Crippen molar-refractivity contribution in [3.8, 4) is 11.1 Å². The maximum absolute atomic E-state index is 13.0. The summed E-state index contributed by atoms with van der Waals surface area (Å²) in [4.78, 5) is 4.46. The van der Waals surface area contributed by atoms with Crippen molar-refractivity contribution in [2.45, 2.75) is 25.3 Å². The maximum Gasteiger partial charge on any atom is 0.123 e. The summed E-state index contributed by atoms with van der Waals surface area (Å²) < 4.78 is 13.0. The van der Waals surface area contributed by atoms with Gasteiger partial charge in [0.2, 0.25) is 0 Å². The van der Waals surface area contributed by atoms with Gasteiger partial charge < -0.3 is 5.73 Å². The van der Waals surface area contributed by atoms with E-state index in [1.54, 1.807) is 18.3 Å². The van der Waals surface area contributed by atoms with E-state index < -0.39 is 0 Å². The molecule has 3 heteroatoms. The molecule has 1 saturated carbocycles. The van der Waals surface area contributed by atoms with E-state index >= 15 is 0 Å². The Labute approximate surface area is 112 Å². The maximum atomic E-state index is 13.0. The number of rotatable bonds is 3. The minimum Gasteiger partial charge on any atom is -0.322 e. The first-order valence-electron chi connectivity index (χ1n) is 6.72. The molecule has 19 heavy (non-hydrogen) atoms. The van der Waals surface area contributed by atoms with Gasteiger partial charge in [0, 0.05) is 11.8 Å². The first kappa shape index (κ1) is 12.3. The largest absolute Gasteiger partial charge is 0.322 e. The zero-order chi connectivity index (χ0) is 13.2. The average molecular weight is 256 g/mol. The SMILES string of the molecule is N[C@H](c1ncccc1-c1ccc(F)cc1)C1CCC1. The monoisotopic (exact) mass is 256 g/mol. The lowest BCUT2D eigenvalue weighted by atomic mass is 9.78. The van der Waals surface area contributed by atoms with Crippen LogP contribution in [0.5, 0.6) is 0 Å². The van der Waals surface area contributed by atoms with Crippen molar-refractivity contribution in [3.63, 3.8) is 0 Å². The van der Waals surface area contributed by atoms with Crippen LogP contribution in [0.3, 0.4) is 0 Å². The lowest BCUT2D eigenvalue weighted by molar-refractivity contribution is 0.261. The summed E-state index contributed by atoms with van der Waals surface area (Å²) in [6.45, 7) is 0. The number of halogens is 1.